The lowest BCUT2D eigenvalue weighted by Gasteiger charge is -1.83. The molecular weight excluding hydrogens is 82.0 g/mol. The Morgan fingerprint density at radius 1 is 1.33 bits per heavy atom. The lowest BCUT2D eigenvalue weighted by molar-refractivity contribution is 0.331. The summed E-state index contributed by atoms with van der Waals surface area (Å²) in [7, 11) is 0. The maximum atomic E-state index is 6.60. The van der Waals surface area contributed by atoms with E-state index in [1.165, 1.54) is 0 Å². The molecule has 34 valence electrons. The lowest BCUT2D eigenvalue weighted by Crippen LogP contribution is -1.90. The van der Waals surface area contributed by atoms with Crippen LogP contribution in [0.1, 0.15) is 0 Å². The van der Waals surface area contributed by atoms with Gasteiger partial charge in [-0.15, -0.1) is 0 Å². The zero-order valence-electron chi connectivity index (χ0n) is 3.23. The SMILES string of the molecule is N=C1OCCO1. The van der Waals surface area contributed by atoms with Crippen LogP contribution in [0.5, 0.6) is 0 Å². The minimum atomic E-state index is -0.0463. The van der Waals surface area contributed by atoms with Gasteiger partial charge in [-0.3, -0.25) is 0 Å². The second-order valence-electron chi connectivity index (χ2n) is 0.984. The van der Waals surface area contributed by atoms with Crippen molar-refractivity contribution in [3.05, 3.63) is 0 Å². The first-order chi connectivity index (χ1) is 2.89. The first-order valence-corrected chi connectivity index (χ1v) is 1.74. The number of nitrogens with one attached hydrogen (secondary N) is 1. The van der Waals surface area contributed by atoms with Crippen LogP contribution >= 0.6 is 0 Å². The van der Waals surface area contributed by atoms with E-state index in [1.54, 1.807) is 0 Å². The van der Waals surface area contributed by atoms with Gasteiger partial charge in [0.15, 0.2) is 0 Å². The molecule has 1 heterocycles. The van der Waals surface area contributed by atoms with Crippen molar-refractivity contribution in [1.29, 1.82) is 5.41 Å². The van der Waals surface area contributed by atoms with Crippen LogP contribution in [-0.4, -0.2) is 19.3 Å². The van der Waals surface area contributed by atoms with Crippen molar-refractivity contribution in [3.63, 3.8) is 0 Å². The maximum absolute atomic E-state index is 6.60. The van der Waals surface area contributed by atoms with Crippen LogP contribution in [0.3, 0.4) is 0 Å². The van der Waals surface area contributed by atoms with Crippen molar-refractivity contribution < 1.29 is 9.47 Å². The third-order valence-electron chi connectivity index (χ3n) is 0.550. The van der Waals surface area contributed by atoms with Crippen LogP contribution in [0.4, 0.5) is 0 Å². The third kappa shape index (κ3) is 0.429. The van der Waals surface area contributed by atoms with Gasteiger partial charge in [-0.25, -0.2) is 5.41 Å². The standard InChI is InChI=1S/C3H5NO2/c4-3-5-1-2-6-3/h4H,1-2H2. The van der Waals surface area contributed by atoms with Gasteiger partial charge in [0, 0.05) is 0 Å². The monoisotopic (exact) mass is 87.0 g/mol. The molecule has 0 aromatic rings. The fraction of sp³-hybridized carbons (Fsp3) is 0.667. The molecule has 3 nitrogen and oxygen atoms in total. The van der Waals surface area contributed by atoms with Crippen molar-refractivity contribution >= 4 is 6.08 Å². The van der Waals surface area contributed by atoms with Crippen molar-refractivity contribution in [2.24, 2.45) is 0 Å². The smallest absolute Gasteiger partial charge is 0.380 e. The van der Waals surface area contributed by atoms with Crippen molar-refractivity contribution in [3.8, 4) is 0 Å². The highest BCUT2D eigenvalue weighted by molar-refractivity contribution is 5.63. The molecule has 0 aromatic carbocycles. The molecule has 1 N–H and O–H groups in total. The van der Waals surface area contributed by atoms with Crippen molar-refractivity contribution in [1.82, 2.24) is 0 Å². The van der Waals surface area contributed by atoms with Gasteiger partial charge in [-0.05, 0) is 0 Å². The Bertz CT molecular complexity index is 63.2. The maximum Gasteiger partial charge on any atom is 0.380 e. The van der Waals surface area contributed by atoms with E-state index in [9.17, 15) is 0 Å². The molecule has 0 unspecified atom stereocenters. The van der Waals surface area contributed by atoms with E-state index in [-0.39, 0.29) is 6.08 Å². The number of rotatable bonds is 0. The van der Waals surface area contributed by atoms with Gasteiger partial charge in [0.25, 0.3) is 0 Å². The number of hydrogen-bond donors (Lipinski definition) is 1. The molecule has 0 atom stereocenters. The molecule has 3 heteroatoms. The van der Waals surface area contributed by atoms with Crippen LogP contribution < -0.4 is 0 Å². The highest BCUT2D eigenvalue weighted by atomic mass is 16.7. The Kier molecular flexibility index (Phi) is 0.670. The second kappa shape index (κ2) is 1.16. The molecule has 1 aliphatic heterocycles. The summed E-state index contributed by atoms with van der Waals surface area (Å²) in [6.45, 7) is 1.08. The number of ether oxygens (including phenoxy) is 2. The Morgan fingerprint density at radius 3 is 2.00 bits per heavy atom. The van der Waals surface area contributed by atoms with Gasteiger partial charge in [-0.1, -0.05) is 0 Å². The molecule has 0 saturated carbocycles. The zero-order chi connectivity index (χ0) is 4.41. The topological polar surface area (TPSA) is 42.3 Å². The quantitative estimate of drug-likeness (QED) is 0.450. The molecule has 1 aliphatic rings. The molecule has 0 bridgehead atoms. The predicted octanol–water partition coefficient (Wildman–Crippen LogP) is -0.0320. The minimum absolute atomic E-state index is 0.0463. The Morgan fingerprint density at radius 2 is 1.83 bits per heavy atom. The van der Waals surface area contributed by atoms with Gasteiger partial charge >= 0.3 is 6.08 Å². The molecule has 0 amide bonds. The Balaban J connectivity index is 2.37. The number of hydrogen-bond acceptors (Lipinski definition) is 3. The van der Waals surface area contributed by atoms with E-state index < -0.39 is 0 Å². The Labute approximate surface area is 35.4 Å². The molecule has 0 spiro atoms. The fourth-order valence-corrected chi connectivity index (χ4v) is 0.310. The van der Waals surface area contributed by atoms with Crippen LogP contribution in [-0.2, 0) is 9.47 Å². The van der Waals surface area contributed by atoms with Gasteiger partial charge in [0.2, 0.25) is 0 Å². The predicted molar refractivity (Wildman–Crippen MR) is 19.6 cm³/mol. The molecule has 6 heavy (non-hydrogen) atoms. The first kappa shape index (κ1) is 3.46. The summed E-state index contributed by atoms with van der Waals surface area (Å²) in [5, 5.41) is 6.60. The third-order valence-corrected chi connectivity index (χ3v) is 0.550. The summed E-state index contributed by atoms with van der Waals surface area (Å²) in [5.41, 5.74) is 0. The highest BCUT2D eigenvalue weighted by Gasteiger charge is 2.04. The summed E-state index contributed by atoms with van der Waals surface area (Å²) < 4.78 is 9.03. The summed E-state index contributed by atoms with van der Waals surface area (Å²) >= 11 is 0. The summed E-state index contributed by atoms with van der Waals surface area (Å²) in [6.07, 6.45) is -0.0463. The van der Waals surface area contributed by atoms with Crippen LogP contribution in [0.25, 0.3) is 0 Å². The van der Waals surface area contributed by atoms with E-state index in [4.69, 9.17) is 5.41 Å². The average Bonchev–Trinajstić information content (AvgIpc) is 1.86. The van der Waals surface area contributed by atoms with Gasteiger partial charge in [0.1, 0.15) is 13.2 Å². The van der Waals surface area contributed by atoms with E-state index in [0.717, 1.165) is 0 Å². The molecule has 1 rings (SSSR count). The van der Waals surface area contributed by atoms with Crippen LogP contribution in [0.15, 0.2) is 0 Å². The van der Waals surface area contributed by atoms with Crippen LogP contribution in [0.2, 0.25) is 0 Å². The van der Waals surface area contributed by atoms with E-state index in [2.05, 4.69) is 9.47 Å². The van der Waals surface area contributed by atoms with Crippen LogP contribution in [0, 0.1) is 5.41 Å². The van der Waals surface area contributed by atoms with Gasteiger partial charge in [0.05, 0.1) is 0 Å². The fourth-order valence-electron chi connectivity index (χ4n) is 0.310. The van der Waals surface area contributed by atoms with E-state index in [1.807, 2.05) is 0 Å². The molecule has 1 saturated heterocycles. The van der Waals surface area contributed by atoms with E-state index >= 15 is 0 Å². The average molecular weight is 87.1 g/mol. The molecule has 0 aromatic heterocycles. The second-order valence-corrected chi connectivity index (χ2v) is 0.984. The summed E-state index contributed by atoms with van der Waals surface area (Å²) in [6, 6.07) is 0. The molecule has 1 fully saturated rings. The minimum Gasteiger partial charge on any atom is -0.447 e. The first-order valence-electron chi connectivity index (χ1n) is 1.74. The zero-order valence-corrected chi connectivity index (χ0v) is 3.23. The molecule has 0 aliphatic carbocycles. The van der Waals surface area contributed by atoms with Crippen molar-refractivity contribution in [2.75, 3.05) is 13.2 Å². The largest absolute Gasteiger partial charge is 0.447 e. The van der Waals surface area contributed by atoms with Crippen molar-refractivity contribution in [2.45, 2.75) is 0 Å². The highest BCUT2D eigenvalue weighted by Crippen LogP contribution is 1.90. The van der Waals surface area contributed by atoms with E-state index in [0.29, 0.717) is 13.2 Å². The lowest BCUT2D eigenvalue weighted by atomic mass is 10.8. The van der Waals surface area contributed by atoms with Gasteiger partial charge < -0.3 is 9.47 Å². The summed E-state index contributed by atoms with van der Waals surface area (Å²) in [5.74, 6) is 0. The Hall–Kier alpha value is -0.730. The normalized spacial score (nSPS) is 19.7. The van der Waals surface area contributed by atoms with Gasteiger partial charge in [-0.2, -0.15) is 0 Å². The summed E-state index contributed by atoms with van der Waals surface area (Å²) in [4.78, 5) is 0. The molecular formula is C3H5NO2. The molecule has 0 radical (unpaired) electrons.